The number of hydrogen-bond donors (Lipinski definition) is 0. The second-order valence-corrected chi connectivity index (χ2v) is 11.9. The van der Waals surface area contributed by atoms with E-state index in [2.05, 4.69) is 115 Å². The molecule has 0 spiro atoms. The molecular weight excluding hydrogens is 881 g/mol. The smallest absolute Gasteiger partial charge is 0.102 e. The Morgan fingerprint density at radius 2 is 0.842 bits per heavy atom. The predicted molar refractivity (Wildman–Crippen MR) is 166 cm³/mol. The molecule has 0 bridgehead atoms. The van der Waals surface area contributed by atoms with Gasteiger partial charge in [0.25, 0.3) is 0 Å². The number of aryl methyl sites for hydroxylation is 1. The summed E-state index contributed by atoms with van der Waals surface area (Å²) in [7, 11) is -0.877. The largest absolute Gasteiger partial charge is 0.781 e. The van der Waals surface area contributed by atoms with E-state index >= 15 is 0 Å². The molecule has 5 rings (SSSR count). The second-order valence-electron chi connectivity index (χ2n) is 8.52. The normalized spacial score (nSPS) is 11.7. The van der Waals surface area contributed by atoms with Crippen LogP contribution in [0.5, 0.6) is 0 Å². The summed E-state index contributed by atoms with van der Waals surface area (Å²) >= 11 is 9.85. The van der Waals surface area contributed by atoms with Gasteiger partial charge < -0.3 is 25.3 Å². The maximum atomic E-state index is 4.94. The molecule has 4 aromatic rings. The van der Waals surface area contributed by atoms with Crippen LogP contribution in [0.2, 0.25) is 0 Å². The van der Waals surface area contributed by atoms with Crippen LogP contribution >= 0.6 is 7.92 Å². The van der Waals surface area contributed by atoms with Crippen LogP contribution in [0, 0.1) is 6.92 Å². The van der Waals surface area contributed by atoms with E-state index in [-0.39, 0.29) is 42.5 Å². The maximum Gasteiger partial charge on any atom is 0.102 e. The van der Waals surface area contributed by atoms with E-state index in [9.17, 15) is 0 Å². The van der Waals surface area contributed by atoms with Crippen LogP contribution in [0.25, 0.3) is 0 Å². The Morgan fingerprint density at radius 3 is 1.13 bits per heavy atom. The summed E-state index contributed by atoms with van der Waals surface area (Å²) in [6, 6.07) is 38.3. The van der Waals surface area contributed by atoms with E-state index in [1.54, 1.807) is 0 Å². The van der Waals surface area contributed by atoms with Crippen molar-refractivity contribution in [2.45, 2.75) is 42.4 Å². The zero-order valence-corrected chi connectivity index (χ0v) is 28.7. The molecule has 0 fully saturated rings. The average Bonchev–Trinajstić information content (AvgIpc) is 2.89. The Balaban J connectivity index is 0.000000320. The summed E-state index contributed by atoms with van der Waals surface area (Å²) in [6.45, 7) is 2.00. The topological polar surface area (TPSA) is 0 Å². The molecule has 0 N–H and O–H groups in total. The van der Waals surface area contributed by atoms with E-state index in [1.807, 2.05) is 25.1 Å². The number of rotatable bonds is 3. The van der Waals surface area contributed by atoms with Crippen molar-refractivity contribution in [2.75, 3.05) is 0 Å². The van der Waals surface area contributed by atoms with Gasteiger partial charge in [0.05, 0.1) is 7.92 Å². The first-order chi connectivity index (χ1) is 17.6. The first-order valence-electron chi connectivity index (χ1n) is 12.4. The summed E-state index contributed by atoms with van der Waals surface area (Å²) in [5, 5.41) is 4.31. The zero-order valence-electron chi connectivity index (χ0n) is 21.5. The molecule has 0 heterocycles. The fraction of sp³-hybridized carbons (Fsp3) is 0.152. The van der Waals surface area contributed by atoms with Crippen molar-refractivity contribution in [1.29, 1.82) is 0 Å². The third kappa shape index (κ3) is 12.6. The van der Waals surface area contributed by atoms with Crippen molar-refractivity contribution in [3.63, 3.8) is 0 Å². The quantitative estimate of drug-likeness (QED) is 0.0898. The molecule has 0 saturated carbocycles. The predicted octanol–water partition coefficient (Wildman–Crippen LogP) is 7.65. The van der Waals surface area contributed by atoms with Gasteiger partial charge in [-0.1, -0.05) is 103 Å². The zero-order chi connectivity index (χ0) is 25.4. The molecule has 0 nitrogen and oxygen atoms in total. The van der Waals surface area contributed by atoms with E-state index in [0.29, 0.717) is 0 Å². The standard InChI is InChI=1S/C18H15P.C8H12.C7H8S2.Au.Ir/c1-4-10-16(11-5-1)19(17-12-6-2-7-13-17)18-14-8-3-9-15-18;1-2-4-6-8-7-5-3-1;1-5-2-3-6(8)7(9)4-5;;/h1-15H;1-2,7-8H,3-6H2;2-4,8-9H,1H3;;/p-1. The van der Waals surface area contributed by atoms with Crippen LogP contribution in [0.3, 0.4) is 0 Å². The van der Waals surface area contributed by atoms with Crippen LogP contribution in [-0.4, -0.2) is 0 Å². The summed E-state index contributed by atoms with van der Waals surface area (Å²) < 4.78 is 0. The Hall–Kier alpha value is -1.38. The molecule has 38 heavy (non-hydrogen) atoms. The number of benzene rings is 4. The molecule has 1 aliphatic rings. The van der Waals surface area contributed by atoms with Crippen molar-refractivity contribution in [3.05, 3.63) is 139 Å². The second kappa shape index (κ2) is 20.5. The van der Waals surface area contributed by atoms with Gasteiger partial charge in [-0.2, -0.15) is 9.79 Å². The van der Waals surface area contributed by atoms with Crippen molar-refractivity contribution in [3.8, 4) is 0 Å². The summed E-state index contributed by atoms with van der Waals surface area (Å²) in [5.41, 5.74) is 1.17. The molecule has 0 unspecified atom stereocenters. The molecule has 5 heteroatoms. The van der Waals surface area contributed by atoms with Gasteiger partial charge in [0.2, 0.25) is 0 Å². The molecule has 0 aliphatic heterocycles. The summed E-state index contributed by atoms with van der Waals surface area (Å²) in [6.07, 6.45) is 14.0. The Labute approximate surface area is 270 Å². The molecular formula is C33H34AuIrPS2-. The van der Waals surface area contributed by atoms with E-state index in [1.165, 1.54) is 47.2 Å². The Kier molecular flexibility index (Phi) is 18.7. The molecule has 0 aromatic heterocycles. The minimum absolute atomic E-state index is 0. The molecule has 0 amide bonds. The fourth-order valence-corrected chi connectivity index (χ4v) is 6.74. The minimum Gasteiger partial charge on any atom is -0.781 e. The van der Waals surface area contributed by atoms with Crippen molar-refractivity contribution in [1.82, 2.24) is 0 Å². The van der Waals surface area contributed by atoms with Crippen LogP contribution in [0.1, 0.15) is 31.2 Å². The molecule has 204 valence electrons. The summed E-state index contributed by atoms with van der Waals surface area (Å²) in [5.74, 6) is 0. The van der Waals surface area contributed by atoms with Gasteiger partial charge in [-0.3, -0.25) is 0 Å². The van der Waals surface area contributed by atoms with Crippen LogP contribution in [0.15, 0.2) is 143 Å². The van der Waals surface area contributed by atoms with Gasteiger partial charge in [-0.25, -0.2) is 0 Å². The van der Waals surface area contributed by atoms with Crippen molar-refractivity contribution in [2.24, 2.45) is 0 Å². The van der Waals surface area contributed by atoms with E-state index in [4.69, 9.17) is 25.3 Å². The monoisotopic (exact) mass is 915 g/mol. The maximum absolute atomic E-state index is 4.94. The van der Waals surface area contributed by atoms with Gasteiger partial charge in [-0.15, -0.1) is 0 Å². The van der Waals surface area contributed by atoms with Crippen molar-refractivity contribution < 1.29 is 42.5 Å². The first kappa shape index (κ1) is 34.6. The minimum atomic E-state index is -0.877. The van der Waals surface area contributed by atoms with Gasteiger partial charge in [0.1, 0.15) is 15.9 Å². The van der Waals surface area contributed by atoms with Crippen LogP contribution in [-0.2, 0) is 67.7 Å². The molecule has 0 saturated heterocycles. The Morgan fingerprint density at radius 1 is 0.500 bits per heavy atom. The fourth-order valence-electron chi connectivity index (χ4n) is 3.79. The summed E-state index contributed by atoms with van der Waals surface area (Å²) in [4.78, 5) is 1.56. The van der Waals surface area contributed by atoms with Crippen LogP contribution in [0.4, 0.5) is 0 Å². The van der Waals surface area contributed by atoms with Crippen molar-refractivity contribution >= 4 is 49.1 Å². The van der Waals surface area contributed by atoms with Crippen LogP contribution < -0.4 is 15.9 Å². The van der Waals surface area contributed by atoms with E-state index in [0.717, 1.165) is 9.79 Å². The van der Waals surface area contributed by atoms with E-state index < -0.39 is 7.92 Å². The average molecular weight is 915 g/mol. The third-order valence-corrected chi connectivity index (χ3v) is 9.17. The number of hydrogen-bond acceptors (Lipinski definition) is 2. The molecule has 0 atom stereocenters. The SMILES string of the molecule is C1=CCCC=CCC1.Cc1ccc([S-])c([S-])c1.[Au].[Ir].c1ccc([PH+](c2ccccc2)c2ccccc2)cc1. The van der Waals surface area contributed by atoms with Gasteiger partial charge in [0, 0.05) is 42.5 Å². The van der Waals surface area contributed by atoms with Gasteiger partial charge >= 0.3 is 0 Å². The molecule has 1 aliphatic carbocycles. The molecule has 2 radical (unpaired) electrons. The Bertz CT molecular complexity index is 1100. The number of allylic oxidation sites excluding steroid dienone is 4. The third-order valence-electron chi connectivity index (χ3n) is 5.62. The van der Waals surface area contributed by atoms with Gasteiger partial charge in [0.15, 0.2) is 0 Å². The van der Waals surface area contributed by atoms with Gasteiger partial charge in [-0.05, 0) is 69.0 Å². The first-order valence-corrected chi connectivity index (χ1v) is 14.7. The molecule has 4 aromatic carbocycles.